The third-order valence-corrected chi connectivity index (χ3v) is 4.93. The van der Waals surface area contributed by atoms with E-state index in [0.29, 0.717) is 42.7 Å². The van der Waals surface area contributed by atoms with Crippen molar-refractivity contribution in [1.82, 2.24) is 4.90 Å². The van der Waals surface area contributed by atoms with Crippen LogP contribution in [0, 0.1) is 11.8 Å². The first-order valence-corrected chi connectivity index (χ1v) is 9.45. The van der Waals surface area contributed by atoms with Gasteiger partial charge in [0.05, 0.1) is 13.1 Å². The molecule has 25 heavy (non-hydrogen) atoms. The Hall–Kier alpha value is -1.88. The zero-order valence-corrected chi connectivity index (χ0v) is 16.0. The maximum Gasteiger partial charge on any atom is 0.279 e. The molecule has 2 N–H and O–H groups in total. The average molecular weight is 346 g/mol. The van der Waals surface area contributed by atoms with Crippen LogP contribution in [0.3, 0.4) is 0 Å². The SMILES string of the molecule is CCN(CC)C(=O)c1cccc(NC(=O)C[NH+]2C[C@H](C)C[C@@H](C)C2)c1. The van der Waals surface area contributed by atoms with E-state index in [9.17, 15) is 9.59 Å². The van der Waals surface area contributed by atoms with Crippen molar-refractivity contribution in [3.05, 3.63) is 29.8 Å². The van der Waals surface area contributed by atoms with Crippen LogP contribution in [-0.2, 0) is 4.79 Å². The monoisotopic (exact) mass is 346 g/mol. The Morgan fingerprint density at radius 1 is 1.16 bits per heavy atom. The molecule has 1 saturated heterocycles. The molecule has 138 valence electrons. The van der Waals surface area contributed by atoms with E-state index in [0.717, 1.165) is 13.1 Å². The number of piperidine rings is 1. The van der Waals surface area contributed by atoms with Crippen molar-refractivity contribution >= 4 is 17.5 Å². The van der Waals surface area contributed by atoms with E-state index in [-0.39, 0.29) is 11.8 Å². The van der Waals surface area contributed by atoms with Crippen LogP contribution in [0.4, 0.5) is 5.69 Å². The van der Waals surface area contributed by atoms with Crippen molar-refractivity contribution in [2.45, 2.75) is 34.1 Å². The number of hydrogen-bond donors (Lipinski definition) is 2. The van der Waals surface area contributed by atoms with Crippen molar-refractivity contribution in [3.8, 4) is 0 Å². The topological polar surface area (TPSA) is 53.9 Å². The highest BCUT2D eigenvalue weighted by molar-refractivity contribution is 5.97. The highest BCUT2D eigenvalue weighted by Gasteiger charge is 2.26. The predicted molar refractivity (Wildman–Crippen MR) is 101 cm³/mol. The van der Waals surface area contributed by atoms with Gasteiger partial charge in [-0.05, 0) is 38.5 Å². The molecule has 0 bridgehead atoms. The first-order valence-electron chi connectivity index (χ1n) is 9.45. The van der Waals surface area contributed by atoms with Gasteiger partial charge in [0.15, 0.2) is 6.54 Å². The maximum absolute atomic E-state index is 12.4. The third kappa shape index (κ3) is 5.56. The summed E-state index contributed by atoms with van der Waals surface area (Å²) in [5, 5.41) is 2.96. The summed E-state index contributed by atoms with van der Waals surface area (Å²) in [6.07, 6.45) is 1.25. The molecule has 0 unspecified atom stereocenters. The second kappa shape index (κ2) is 8.99. The van der Waals surface area contributed by atoms with Crippen LogP contribution in [-0.4, -0.2) is 49.4 Å². The number of hydrogen-bond acceptors (Lipinski definition) is 2. The van der Waals surface area contributed by atoms with Crippen molar-refractivity contribution in [2.75, 3.05) is 38.0 Å². The Balaban J connectivity index is 1.97. The van der Waals surface area contributed by atoms with E-state index < -0.39 is 0 Å². The summed E-state index contributed by atoms with van der Waals surface area (Å²) in [6, 6.07) is 7.24. The third-order valence-electron chi connectivity index (χ3n) is 4.93. The van der Waals surface area contributed by atoms with Crippen LogP contribution in [0.25, 0.3) is 0 Å². The van der Waals surface area contributed by atoms with Crippen LogP contribution in [0.15, 0.2) is 24.3 Å². The minimum atomic E-state index is 0.00500. The van der Waals surface area contributed by atoms with Crippen molar-refractivity contribution in [3.63, 3.8) is 0 Å². The van der Waals surface area contributed by atoms with E-state index in [1.807, 2.05) is 26.0 Å². The summed E-state index contributed by atoms with van der Waals surface area (Å²) >= 11 is 0. The smallest absolute Gasteiger partial charge is 0.279 e. The Kier molecular flexibility index (Phi) is 7.00. The molecule has 2 atom stereocenters. The molecule has 1 aromatic carbocycles. The minimum absolute atomic E-state index is 0.00500. The van der Waals surface area contributed by atoms with Crippen LogP contribution >= 0.6 is 0 Å². The van der Waals surface area contributed by atoms with Gasteiger partial charge in [0, 0.05) is 36.2 Å². The normalized spacial score (nSPS) is 23.1. The lowest BCUT2D eigenvalue weighted by molar-refractivity contribution is -0.904. The Labute approximate surface area is 151 Å². The number of nitrogens with zero attached hydrogens (tertiary/aromatic N) is 1. The average Bonchev–Trinajstić information content (AvgIpc) is 2.55. The van der Waals surface area contributed by atoms with Gasteiger partial charge >= 0.3 is 0 Å². The van der Waals surface area contributed by atoms with Gasteiger partial charge in [-0.3, -0.25) is 9.59 Å². The number of rotatable bonds is 6. The van der Waals surface area contributed by atoms with Crippen molar-refractivity contribution in [2.24, 2.45) is 11.8 Å². The molecule has 1 fully saturated rings. The molecule has 1 aliphatic heterocycles. The number of nitrogens with one attached hydrogen (secondary N) is 2. The predicted octanol–water partition coefficient (Wildman–Crippen LogP) is 1.67. The first kappa shape index (κ1) is 19.4. The summed E-state index contributed by atoms with van der Waals surface area (Å²) in [5.41, 5.74) is 1.31. The van der Waals surface area contributed by atoms with Gasteiger partial charge in [0.2, 0.25) is 0 Å². The van der Waals surface area contributed by atoms with Crippen molar-refractivity contribution in [1.29, 1.82) is 0 Å². The van der Waals surface area contributed by atoms with Gasteiger partial charge in [-0.1, -0.05) is 19.9 Å². The number of likely N-dealkylation sites (tertiary alicyclic amines) is 1. The fourth-order valence-corrected chi connectivity index (χ4v) is 3.92. The molecule has 0 saturated carbocycles. The van der Waals surface area contributed by atoms with E-state index in [2.05, 4.69) is 19.2 Å². The lowest BCUT2D eigenvalue weighted by Gasteiger charge is -2.31. The number of anilines is 1. The van der Waals surface area contributed by atoms with Crippen LogP contribution in [0.5, 0.6) is 0 Å². The second-order valence-electron chi connectivity index (χ2n) is 7.39. The molecular formula is C20H32N3O2+. The number of amides is 2. The molecule has 1 aliphatic rings. The summed E-state index contributed by atoms with van der Waals surface area (Å²) in [7, 11) is 0. The first-order chi connectivity index (χ1) is 11.9. The van der Waals surface area contributed by atoms with Gasteiger partial charge in [-0.25, -0.2) is 0 Å². The fourth-order valence-electron chi connectivity index (χ4n) is 3.92. The Morgan fingerprint density at radius 2 is 1.80 bits per heavy atom. The van der Waals surface area contributed by atoms with Crippen molar-refractivity contribution < 1.29 is 14.5 Å². The zero-order chi connectivity index (χ0) is 18.4. The molecule has 2 amide bonds. The van der Waals surface area contributed by atoms with Gasteiger partial charge < -0.3 is 15.1 Å². The summed E-state index contributed by atoms with van der Waals surface area (Å²) < 4.78 is 0. The van der Waals surface area contributed by atoms with E-state index in [4.69, 9.17) is 0 Å². The summed E-state index contributed by atoms with van der Waals surface area (Å²) in [6.45, 7) is 12.4. The Morgan fingerprint density at radius 3 is 2.40 bits per heavy atom. The van der Waals surface area contributed by atoms with E-state index in [1.165, 1.54) is 11.3 Å². The lowest BCUT2D eigenvalue weighted by Crippen LogP contribution is -3.15. The molecule has 5 heteroatoms. The number of quaternary nitrogens is 1. The highest BCUT2D eigenvalue weighted by Crippen LogP contribution is 2.14. The van der Waals surface area contributed by atoms with Crippen LogP contribution in [0.1, 0.15) is 44.5 Å². The fraction of sp³-hybridized carbons (Fsp3) is 0.600. The van der Waals surface area contributed by atoms with E-state index >= 15 is 0 Å². The highest BCUT2D eigenvalue weighted by atomic mass is 16.2. The van der Waals surface area contributed by atoms with Gasteiger partial charge in [-0.2, -0.15) is 0 Å². The van der Waals surface area contributed by atoms with E-state index in [1.54, 1.807) is 17.0 Å². The summed E-state index contributed by atoms with van der Waals surface area (Å²) in [4.78, 5) is 28.0. The molecule has 1 heterocycles. The molecule has 1 aromatic rings. The molecule has 5 nitrogen and oxygen atoms in total. The largest absolute Gasteiger partial charge is 0.339 e. The van der Waals surface area contributed by atoms with Gasteiger partial charge in [0.25, 0.3) is 11.8 Å². The standard InChI is InChI=1S/C20H31N3O2/c1-5-23(6-2)20(25)17-8-7-9-18(11-17)21-19(24)14-22-12-15(3)10-16(4)13-22/h7-9,11,15-16H,5-6,10,12-14H2,1-4H3,(H,21,24)/p+1/t15-,16-/m1/s1. The number of carbonyl (C=O) groups is 2. The van der Waals surface area contributed by atoms with Gasteiger partial charge in [0.1, 0.15) is 0 Å². The quantitative estimate of drug-likeness (QED) is 0.823. The van der Waals surface area contributed by atoms with Gasteiger partial charge in [-0.15, -0.1) is 0 Å². The van der Waals surface area contributed by atoms with Crippen LogP contribution in [0.2, 0.25) is 0 Å². The molecule has 0 radical (unpaired) electrons. The Bertz CT molecular complexity index is 588. The number of benzene rings is 1. The number of carbonyl (C=O) groups excluding carboxylic acids is 2. The molecule has 0 spiro atoms. The lowest BCUT2D eigenvalue weighted by atomic mass is 9.92. The maximum atomic E-state index is 12.4. The minimum Gasteiger partial charge on any atom is -0.339 e. The van der Waals surface area contributed by atoms with Crippen LogP contribution < -0.4 is 10.2 Å². The molecule has 0 aliphatic carbocycles. The second-order valence-corrected chi connectivity index (χ2v) is 7.39. The molecule has 0 aromatic heterocycles. The summed E-state index contributed by atoms with van der Waals surface area (Å²) in [5.74, 6) is 1.36. The molecule has 2 rings (SSSR count). The zero-order valence-electron chi connectivity index (χ0n) is 16.0. The molecular weight excluding hydrogens is 314 g/mol.